The summed E-state index contributed by atoms with van der Waals surface area (Å²) in [6.07, 6.45) is 9.22. The van der Waals surface area contributed by atoms with Crippen molar-refractivity contribution in [2.75, 3.05) is 6.54 Å². The summed E-state index contributed by atoms with van der Waals surface area (Å²) < 4.78 is 17.0. The summed E-state index contributed by atoms with van der Waals surface area (Å²) >= 11 is 0. The summed E-state index contributed by atoms with van der Waals surface area (Å²) in [6.45, 7) is 1.13. The molecular formula is C25H21FN6O. The molecule has 1 amide bonds. The van der Waals surface area contributed by atoms with E-state index in [1.165, 1.54) is 18.2 Å². The molecular weight excluding hydrogens is 419 g/mol. The van der Waals surface area contributed by atoms with Crippen molar-refractivity contribution in [1.82, 2.24) is 24.6 Å². The largest absolute Gasteiger partial charge is 0.351 e. The van der Waals surface area contributed by atoms with Crippen molar-refractivity contribution >= 4 is 12.0 Å². The molecule has 8 heteroatoms. The van der Waals surface area contributed by atoms with Crippen LogP contribution in [0.4, 0.5) is 4.39 Å². The molecule has 0 unspecified atom stereocenters. The molecule has 7 nitrogen and oxygen atoms in total. The minimum absolute atomic E-state index is 0.0337. The number of aryl methyl sites for hydroxylation is 1. The molecule has 4 aromatic rings. The third kappa shape index (κ3) is 5.40. The van der Waals surface area contributed by atoms with Gasteiger partial charge in [-0.1, -0.05) is 18.2 Å². The van der Waals surface area contributed by atoms with Gasteiger partial charge in [0.1, 0.15) is 17.5 Å². The molecule has 2 heterocycles. The fraction of sp³-hybridized carbons (Fsp3) is 0.120. The van der Waals surface area contributed by atoms with Gasteiger partial charge in [0.15, 0.2) is 0 Å². The first kappa shape index (κ1) is 21.7. The number of nitriles is 1. The highest BCUT2D eigenvalue weighted by Crippen LogP contribution is 2.26. The minimum Gasteiger partial charge on any atom is -0.351 e. The Balaban J connectivity index is 1.58. The van der Waals surface area contributed by atoms with Crippen LogP contribution in [0.3, 0.4) is 0 Å². The van der Waals surface area contributed by atoms with E-state index in [9.17, 15) is 14.4 Å². The molecule has 0 saturated carbocycles. The Labute approximate surface area is 190 Å². The van der Waals surface area contributed by atoms with E-state index in [2.05, 4.69) is 15.4 Å². The van der Waals surface area contributed by atoms with Gasteiger partial charge in [0.05, 0.1) is 17.7 Å². The van der Waals surface area contributed by atoms with Crippen molar-refractivity contribution in [3.05, 3.63) is 96.5 Å². The SMILES string of the molecule is N#CC(=Cc1cn(-c2ccccc2)nc1-c1ccc(F)cc1)C(=O)NCCCn1ccnc1. The number of carbonyl (C=O) groups excluding carboxylic acids is 1. The number of hydrogen-bond donors (Lipinski definition) is 1. The van der Waals surface area contributed by atoms with Crippen molar-refractivity contribution in [3.8, 4) is 23.0 Å². The second-order valence-electron chi connectivity index (χ2n) is 7.30. The molecule has 164 valence electrons. The van der Waals surface area contributed by atoms with Gasteiger partial charge in [0.2, 0.25) is 0 Å². The molecule has 2 aromatic heterocycles. The van der Waals surface area contributed by atoms with Gasteiger partial charge in [0, 0.05) is 42.8 Å². The summed E-state index contributed by atoms with van der Waals surface area (Å²) in [6, 6.07) is 17.4. The lowest BCUT2D eigenvalue weighted by atomic mass is 10.1. The number of hydrogen-bond acceptors (Lipinski definition) is 4. The second kappa shape index (κ2) is 10.2. The zero-order valence-electron chi connectivity index (χ0n) is 17.7. The molecule has 0 bridgehead atoms. The van der Waals surface area contributed by atoms with E-state index in [1.54, 1.807) is 35.5 Å². The fourth-order valence-electron chi connectivity index (χ4n) is 3.32. The summed E-state index contributed by atoms with van der Waals surface area (Å²) in [5, 5.41) is 17.0. The Bertz CT molecular complexity index is 1290. The highest BCUT2D eigenvalue weighted by Gasteiger charge is 2.15. The van der Waals surface area contributed by atoms with Crippen LogP contribution in [0, 0.1) is 17.1 Å². The third-order valence-electron chi connectivity index (χ3n) is 4.98. The summed E-state index contributed by atoms with van der Waals surface area (Å²) in [4.78, 5) is 16.6. The van der Waals surface area contributed by atoms with Crippen molar-refractivity contribution < 1.29 is 9.18 Å². The Morgan fingerprint density at radius 1 is 1.15 bits per heavy atom. The van der Waals surface area contributed by atoms with Crippen molar-refractivity contribution in [3.63, 3.8) is 0 Å². The van der Waals surface area contributed by atoms with Crippen LogP contribution in [0.2, 0.25) is 0 Å². The second-order valence-corrected chi connectivity index (χ2v) is 7.30. The molecule has 0 aliphatic heterocycles. The maximum Gasteiger partial charge on any atom is 0.261 e. The first-order valence-electron chi connectivity index (χ1n) is 10.4. The quantitative estimate of drug-likeness (QED) is 0.255. The normalized spacial score (nSPS) is 11.2. The van der Waals surface area contributed by atoms with Crippen molar-refractivity contribution in [2.24, 2.45) is 0 Å². The molecule has 1 N–H and O–H groups in total. The lowest BCUT2D eigenvalue weighted by molar-refractivity contribution is -0.117. The van der Waals surface area contributed by atoms with Gasteiger partial charge >= 0.3 is 0 Å². The highest BCUT2D eigenvalue weighted by atomic mass is 19.1. The van der Waals surface area contributed by atoms with Gasteiger partial charge in [-0.15, -0.1) is 0 Å². The molecule has 0 radical (unpaired) electrons. The Morgan fingerprint density at radius 3 is 2.64 bits per heavy atom. The third-order valence-corrected chi connectivity index (χ3v) is 4.98. The number of rotatable bonds is 8. The number of halogens is 1. The zero-order chi connectivity index (χ0) is 23.0. The van der Waals surface area contributed by atoms with E-state index in [1.807, 2.05) is 47.2 Å². The van der Waals surface area contributed by atoms with E-state index >= 15 is 0 Å². The number of nitrogens with zero attached hydrogens (tertiary/aromatic N) is 5. The topological polar surface area (TPSA) is 88.5 Å². The van der Waals surface area contributed by atoms with Crippen molar-refractivity contribution in [1.29, 1.82) is 5.26 Å². The summed E-state index contributed by atoms with van der Waals surface area (Å²) in [5.41, 5.74) is 2.59. The molecule has 0 fully saturated rings. The van der Waals surface area contributed by atoms with Crippen molar-refractivity contribution in [2.45, 2.75) is 13.0 Å². The number of nitrogens with one attached hydrogen (secondary N) is 1. The molecule has 0 aliphatic rings. The van der Waals surface area contributed by atoms with Crippen LogP contribution in [-0.4, -0.2) is 31.8 Å². The van der Waals surface area contributed by atoms with E-state index in [0.29, 0.717) is 36.3 Å². The molecule has 0 aliphatic carbocycles. The number of imidazole rings is 1. The summed E-state index contributed by atoms with van der Waals surface area (Å²) in [5.74, 6) is -0.813. The fourth-order valence-corrected chi connectivity index (χ4v) is 3.32. The lowest BCUT2D eigenvalue weighted by Crippen LogP contribution is -2.26. The van der Waals surface area contributed by atoms with Gasteiger partial charge in [-0.2, -0.15) is 10.4 Å². The van der Waals surface area contributed by atoms with Crippen LogP contribution >= 0.6 is 0 Å². The first-order valence-corrected chi connectivity index (χ1v) is 10.4. The minimum atomic E-state index is -0.458. The van der Waals surface area contributed by atoms with Crippen LogP contribution in [0.15, 0.2) is 85.1 Å². The van der Waals surface area contributed by atoms with Gasteiger partial charge in [-0.3, -0.25) is 4.79 Å². The molecule has 0 saturated heterocycles. The van der Waals surface area contributed by atoms with E-state index in [-0.39, 0.29) is 11.4 Å². The maximum absolute atomic E-state index is 13.4. The average Bonchev–Trinajstić information content (AvgIpc) is 3.51. The number of para-hydroxylation sites is 1. The lowest BCUT2D eigenvalue weighted by Gasteiger charge is -2.05. The van der Waals surface area contributed by atoms with Crippen LogP contribution in [0.25, 0.3) is 23.0 Å². The van der Waals surface area contributed by atoms with Crippen LogP contribution in [0.1, 0.15) is 12.0 Å². The Hall–Kier alpha value is -4.51. The average molecular weight is 440 g/mol. The number of carbonyl (C=O) groups is 1. The van der Waals surface area contributed by atoms with Gasteiger partial charge < -0.3 is 9.88 Å². The Kier molecular flexibility index (Phi) is 6.71. The van der Waals surface area contributed by atoms with E-state index in [0.717, 1.165) is 5.69 Å². The molecule has 0 spiro atoms. The molecule has 2 aromatic carbocycles. The standard InChI is InChI=1S/C25H21FN6O/c26-22-9-7-19(8-10-22)24-21(17-32(30-24)23-5-2-1-3-6-23)15-20(16-27)25(33)29-11-4-13-31-14-12-28-18-31/h1-3,5-10,12,14-15,17-18H,4,11,13H2,(H,29,33). The smallest absolute Gasteiger partial charge is 0.261 e. The molecule has 33 heavy (non-hydrogen) atoms. The number of aromatic nitrogens is 4. The molecule has 0 atom stereocenters. The van der Waals surface area contributed by atoms with Gasteiger partial charge in [-0.25, -0.2) is 14.1 Å². The van der Waals surface area contributed by atoms with Crippen LogP contribution in [0.5, 0.6) is 0 Å². The van der Waals surface area contributed by atoms with Crippen LogP contribution < -0.4 is 5.32 Å². The predicted octanol–water partition coefficient (Wildman–Crippen LogP) is 3.99. The Morgan fingerprint density at radius 2 is 1.94 bits per heavy atom. The van der Waals surface area contributed by atoms with Gasteiger partial charge in [-0.05, 0) is 48.9 Å². The van der Waals surface area contributed by atoms with E-state index < -0.39 is 5.91 Å². The highest BCUT2D eigenvalue weighted by molar-refractivity contribution is 6.02. The number of amides is 1. The summed E-state index contributed by atoms with van der Waals surface area (Å²) in [7, 11) is 0. The monoisotopic (exact) mass is 440 g/mol. The maximum atomic E-state index is 13.4. The number of benzene rings is 2. The zero-order valence-corrected chi connectivity index (χ0v) is 17.7. The van der Waals surface area contributed by atoms with Crippen LogP contribution in [-0.2, 0) is 11.3 Å². The van der Waals surface area contributed by atoms with Gasteiger partial charge in [0.25, 0.3) is 5.91 Å². The predicted molar refractivity (Wildman–Crippen MR) is 122 cm³/mol. The molecule has 4 rings (SSSR count). The first-order chi connectivity index (χ1) is 16.1. The van der Waals surface area contributed by atoms with E-state index in [4.69, 9.17) is 0 Å².